The number of anilines is 1. The van der Waals surface area contributed by atoms with Gasteiger partial charge in [-0.2, -0.15) is 20.0 Å². The molecule has 4 aromatic rings. The number of piperidine rings is 1. The van der Waals surface area contributed by atoms with E-state index in [1.165, 1.54) is 41.6 Å². The Morgan fingerprint density at radius 1 is 1.18 bits per heavy atom. The van der Waals surface area contributed by atoms with Crippen molar-refractivity contribution in [1.29, 1.82) is 0 Å². The van der Waals surface area contributed by atoms with E-state index < -0.39 is 28.9 Å². The first-order valence-electron chi connectivity index (χ1n) is 10.9. The Labute approximate surface area is 192 Å². The van der Waals surface area contributed by atoms with Gasteiger partial charge >= 0.3 is 0 Å². The standard InChI is InChI=1S/C23H21F3N6O2/c1-13-3-2-10-31(18(13)12-27-23-30-16-6-4-14(24)11-19(16)34-23)22(33)20-17(32-28-8-9-29-32)7-5-15(25)21(20)26/h4-9,11,13,18H,2-3,10,12H2,1H3,(H,27,30). The van der Waals surface area contributed by atoms with Crippen LogP contribution >= 0.6 is 0 Å². The lowest BCUT2D eigenvalue weighted by Crippen LogP contribution is -2.51. The second-order valence-electron chi connectivity index (χ2n) is 8.27. The van der Waals surface area contributed by atoms with Gasteiger partial charge in [0.05, 0.1) is 18.4 Å². The molecule has 11 heteroatoms. The van der Waals surface area contributed by atoms with Gasteiger partial charge in [0.15, 0.2) is 17.2 Å². The van der Waals surface area contributed by atoms with Gasteiger partial charge in [0, 0.05) is 19.2 Å². The third-order valence-electron chi connectivity index (χ3n) is 6.11. The molecule has 2 atom stereocenters. The van der Waals surface area contributed by atoms with Crippen LogP contribution in [0.1, 0.15) is 30.1 Å². The van der Waals surface area contributed by atoms with Crippen LogP contribution in [0.25, 0.3) is 16.8 Å². The summed E-state index contributed by atoms with van der Waals surface area (Å²) in [5.74, 6) is -3.40. The van der Waals surface area contributed by atoms with E-state index in [1.54, 1.807) is 0 Å². The van der Waals surface area contributed by atoms with E-state index in [0.717, 1.165) is 23.7 Å². The number of nitrogens with zero attached hydrogens (tertiary/aromatic N) is 5. The fraction of sp³-hybridized carbons (Fsp3) is 0.304. The van der Waals surface area contributed by atoms with Crippen molar-refractivity contribution in [1.82, 2.24) is 24.9 Å². The van der Waals surface area contributed by atoms with E-state index in [-0.39, 0.29) is 30.2 Å². The molecule has 2 aromatic heterocycles. The molecule has 0 radical (unpaired) electrons. The van der Waals surface area contributed by atoms with E-state index in [1.807, 2.05) is 6.92 Å². The quantitative estimate of drug-likeness (QED) is 0.471. The van der Waals surface area contributed by atoms with Crippen molar-refractivity contribution in [2.75, 3.05) is 18.4 Å². The molecule has 2 aromatic carbocycles. The number of oxazole rings is 1. The molecular formula is C23H21F3N6O2. The minimum atomic E-state index is -1.24. The smallest absolute Gasteiger partial charge is 0.295 e. The van der Waals surface area contributed by atoms with Crippen molar-refractivity contribution in [3.05, 3.63) is 65.7 Å². The topological polar surface area (TPSA) is 89.1 Å². The lowest BCUT2D eigenvalue weighted by molar-refractivity contribution is 0.0533. The van der Waals surface area contributed by atoms with Crippen LogP contribution in [-0.4, -0.2) is 49.9 Å². The summed E-state index contributed by atoms with van der Waals surface area (Å²) >= 11 is 0. The number of carbonyl (C=O) groups excluding carboxylic acids is 1. The number of aromatic nitrogens is 4. The van der Waals surface area contributed by atoms with Crippen LogP contribution in [0.15, 0.2) is 47.1 Å². The minimum Gasteiger partial charge on any atom is -0.423 e. The molecule has 1 saturated heterocycles. The number of rotatable bonds is 5. The maximum Gasteiger partial charge on any atom is 0.295 e. The molecule has 1 fully saturated rings. The highest BCUT2D eigenvalue weighted by Gasteiger charge is 2.35. The number of likely N-dealkylation sites (tertiary alicyclic amines) is 1. The molecule has 2 unspecified atom stereocenters. The van der Waals surface area contributed by atoms with Crippen LogP contribution in [0.2, 0.25) is 0 Å². The van der Waals surface area contributed by atoms with Gasteiger partial charge in [-0.15, -0.1) is 0 Å². The molecule has 1 N–H and O–H groups in total. The first-order valence-corrected chi connectivity index (χ1v) is 10.9. The highest BCUT2D eigenvalue weighted by atomic mass is 19.2. The first-order chi connectivity index (χ1) is 16.4. The Morgan fingerprint density at radius 3 is 2.76 bits per heavy atom. The summed E-state index contributed by atoms with van der Waals surface area (Å²) < 4.78 is 48.1. The molecule has 5 rings (SSSR count). The third-order valence-corrected chi connectivity index (χ3v) is 6.11. The van der Waals surface area contributed by atoms with E-state index in [0.29, 0.717) is 17.6 Å². The fourth-order valence-electron chi connectivity index (χ4n) is 4.37. The maximum atomic E-state index is 14.9. The number of benzene rings is 2. The predicted octanol–water partition coefficient (Wildman–Crippen LogP) is 4.18. The molecule has 0 saturated carbocycles. The van der Waals surface area contributed by atoms with Crippen molar-refractivity contribution in [3.8, 4) is 5.69 Å². The van der Waals surface area contributed by atoms with E-state index in [9.17, 15) is 18.0 Å². The van der Waals surface area contributed by atoms with Crippen molar-refractivity contribution in [2.24, 2.45) is 5.92 Å². The summed E-state index contributed by atoms with van der Waals surface area (Å²) in [6.07, 6.45) is 4.35. The van der Waals surface area contributed by atoms with Crippen LogP contribution in [0, 0.1) is 23.4 Å². The van der Waals surface area contributed by atoms with E-state index in [4.69, 9.17) is 4.42 Å². The van der Waals surface area contributed by atoms with E-state index in [2.05, 4.69) is 20.5 Å². The molecule has 176 valence electrons. The summed E-state index contributed by atoms with van der Waals surface area (Å²) in [6, 6.07) is 6.10. The zero-order valence-electron chi connectivity index (χ0n) is 18.2. The van der Waals surface area contributed by atoms with Gasteiger partial charge in [0.25, 0.3) is 11.9 Å². The van der Waals surface area contributed by atoms with Crippen LogP contribution in [0.3, 0.4) is 0 Å². The van der Waals surface area contributed by atoms with Crippen LogP contribution in [-0.2, 0) is 0 Å². The monoisotopic (exact) mass is 470 g/mol. The second kappa shape index (κ2) is 8.81. The molecule has 1 aliphatic heterocycles. The summed E-state index contributed by atoms with van der Waals surface area (Å²) in [6.45, 7) is 2.62. The summed E-state index contributed by atoms with van der Waals surface area (Å²) in [7, 11) is 0. The number of fused-ring (bicyclic) bond motifs is 1. The summed E-state index contributed by atoms with van der Waals surface area (Å²) in [5.41, 5.74) is 0.421. The Kier molecular flexibility index (Phi) is 5.68. The molecule has 0 bridgehead atoms. The van der Waals surface area contributed by atoms with Gasteiger partial charge in [-0.3, -0.25) is 4.79 Å². The lowest BCUT2D eigenvalue weighted by Gasteiger charge is -2.40. The minimum absolute atomic E-state index is 0.0554. The highest BCUT2D eigenvalue weighted by Crippen LogP contribution is 2.29. The van der Waals surface area contributed by atoms with Gasteiger partial charge in [0.2, 0.25) is 0 Å². The van der Waals surface area contributed by atoms with Gasteiger partial charge in [-0.25, -0.2) is 13.2 Å². The summed E-state index contributed by atoms with van der Waals surface area (Å²) in [4.78, 5) is 20.5. The van der Waals surface area contributed by atoms with Gasteiger partial charge in [-0.1, -0.05) is 6.92 Å². The van der Waals surface area contributed by atoms with Crippen molar-refractivity contribution >= 4 is 23.0 Å². The Hall–Kier alpha value is -3.89. The zero-order valence-corrected chi connectivity index (χ0v) is 18.2. The highest BCUT2D eigenvalue weighted by molar-refractivity contribution is 5.98. The van der Waals surface area contributed by atoms with Crippen LogP contribution in [0.5, 0.6) is 0 Å². The van der Waals surface area contributed by atoms with Crippen LogP contribution in [0.4, 0.5) is 19.2 Å². The SMILES string of the molecule is CC1CCCN(C(=O)c2c(-n3nccn3)ccc(F)c2F)C1CNc1nc2ccc(F)cc2o1. The molecule has 0 spiro atoms. The molecular weight excluding hydrogens is 449 g/mol. The van der Waals surface area contributed by atoms with Crippen molar-refractivity contribution < 1.29 is 22.4 Å². The first kappa shape index (κ1) is 21.9. The third kappa shape index (κ3) is 3.97. The molecule has 1 aliphatic rings. The lowest BCUT2D eigenvalue weighted by atomic mass is 9.90. The van der Waals surface area contributed by atoms with Crippen molar-refractivity contribution in [3.63, 3.8) is 0 Å². The Morgan fingerprint density at radius 2 is 1.97 bits per heavy atom. The second-order valence-corrected chi connectivity index (χ2v) is 8.27. The van der Waals surface area contributed by atoms with Gasteiger partial charge in [0.1, 0.15) is 22.6 Å². The number of carbonyl (C=O) groups is 1. The average Bonchev–Trinajstić information content (AvgIpc) is 3.49. The van der Waals surface area contributed by atoms with Gasteiger partial charge < -0.3 is 14.6 Å². The predicted molar refractivity (Wildman–Crippen MR) is 117 cm³/mol. The number of nitrogens with one attached hydrogen (secondary N) is 1. The Bertz CT molecular complexity index is 1340. The summed E-state index contributed by atoms with van der Waals surface area (Å²) in [5, 5.41) is 11.0. The Balaban J connectivity index is 1.44. The van der Waals surface area contributed by atoms with E-state index >= 15 is 0 Å². The number of amides is 1. The van der Waals surface area contributed by atoms with Crippen molar-refractivity contribution in [2.45, 2.75) is 25.8 Å². The number of hydrogen-bond acceptors (Lipinski definition) is 6. The molecule has 0 aliphatic carbocycles. The molecule has 1 amide bonds. The maximum absolute atomic E-state index is 14.9. The zero-order chi connectivity index (χ0) is 23.8. The molecule has 3 heterocycles. The average molecular weight is 470 g/mol. The van der Waals surface area contributed by atoms with Gasteiger partial charge in [-0.05, 0) is 43.0 Å². The largest absolute Gasteiger partial charge is 0.423 e. The normalized spacial score (nSPS) is 18.4. The number of halogens is 3. The molecule has 34 heavy (non-hydrogen) atoms. The number of hydrogen-bond donors (Lipinski definition) is 1. The fourth-order valence-corrected chi connectivity index (χ4v) is 4.37. The van der Waals surface area contributed by atoms with Crippen LogP contribution < -0.4 is 5.32 Å². The molecule has 8 nitrogen and oxygen atoms in total.